The van der Waals surface area contributed by atoms with Crippen LogP contribution >= 0.6 is 22.9 Å². The molecule has 1 aliphatic rings. The molecule has 6 heteroatoms. The molecule has 1 amide bonds. The number of carbonyl (C=O) groups is 1. The summed E-state index contributed by atoms with van der Waals surface area (Å²) in [5.41, 5.74) is 10.2. The number of pyridine rings is 1. The van der Waals surface area contributed by atoms with Gasteiger partial charge in [-0.3, -0.25) is 0 Å². The number of hydrogen-bond donors (Lipinski definition) is 0. The van der Waals surface area contributed by atoms with Crippen molar-refractivity contribution in [3.05, 3.63) is 32.5 Å². The van der Waals surface area contributed by atoms with E-state index in [0.717, 1.165) is 39.9 Å². The molecule has 3 nitrogen and oxygen atoms in total. The second kappa shape index (κ2) is 5.82. The second-order valence-electron chi connectivity index (χ2n) is 4.76. The van der Waals surface area contributed by atoms with E-state index >= 15 is 0 Å². The third-order valence-corrected chi connectivity index (χ3v) is 5.06. The summed E-state index contributed by atoms with van der Waals surface area (Å²) >= 11 is 7.58. The summed E-state index contributed by atoms with van der Waals surface area (Å²) in [5, 5.41) is 1.68. The molecule has 0 atom stereocenters. The normalized spacial score (nSPS) is 14.5. The maximum Gasteiger partial charge on any atom is 1.00 e. The van der Waals surface area contributed by atoms with Crippen LogP contribution in [0, 0.1) is 13.8 Å². The predicted molar refractivity (Wildman–Crippen MR) is 74.7 cm³/mol. The molecule has 0 aromatic carbocycles. The molecule has 0 radical (unpaired) electrons. The number of aryl methyl sites for hydroxylation is 2. The molecule has 2 aromatic heterocycles. The van der Waals surface area contributed by atoms with Gasteiger partial charge in [-0.2, -0.15) is 0 Å². The fourth-order valence-electron chi connectivity index (χ4n) is 2.39. The quantitative estimate of drug-likeness (QED) is 0.813. The van der Waals surface area contributed by atoms with Gasteiger partial charge < -0.3 is 10.5 Å². The van der Waals surface area contributed by atoms with Crippen molar-refractivity contribution < 1.29 is 63.0 Å². The SMILES string of the molecule is Cc1nc2sc(C([NH-])=O)c(C3CC3)c2c(C)c1Cl.[Rb+]. The average molecular weight is 365 g/mol. The van der Waals surface area contributed by atoms with Gasteiger partial charge in [-0.25, -0.2) is 4.98 Å². The van der Waals surface area contributed by atoms with Gasteiger partial charge in [0.2, 0.25) is 0 Å². The molecule has 94 valence electrons. The topological polar surface area (TPSA) is 53.8 Å². The summed E-state index contributed by atoms with van der Waals surface area (Å²) in [4.78, 5) is 17.3. The van der Waals surface area contributed by atoms with Crippen molar-refractivity contribution in [2.75, 3.05) is 0 Å². The minimum atomic E-state index is -0.604. The van der Waals surface area contributed by atoms with Gasteiger partial charge in [0.1, 0.15) is 4.83 Å². The van der Waals surface area contributed by atoms with Crippen molar-refractivity contribution >= 4 is 39.1 Å². The molecule has 19 heavy (non-hydrogen) atoms. The van der Waals surface area contributed by atoms with E-state index in [0.29, 0.717) is 15.8 Å². The molecule has 3 rings (SSSR count). The number of nitrogens with zero attached hydrogens (tertiary/aromatic N) is 1. The Morgan fingerprint density at radius 1 is 1.42 bits per heavy atom. The Balaban J connectivity index is 0.00000133. The van der Waals surface area contributed by atoms with E-state index in [4.69, 9.17) is 17.3 Å². The molecule has 0 spiro atoms. The molecule has 0 unspecified atom stereocenters. The van der Waals surface area contributed by atoms with Crippen LogP contribution in [0.3, 0.4) is 0 Å². The van der Waals surface area contributed by atoms with Gasteiger partial charge in [0, 0.05) is 5.39 Å². The number of amides is 1. The van der Waals surface area contributed by atoms with Gasteiger partial charge in [0.15, 0.2) is 0 Å². The Morgan fingerprint density at radius 3 is 2.58 bits per heavy atom. The molecule has 0 aliphatic heterocycles. The van der Waals surface area contributed by atoms with E-state index in [1.807, 2.05) is 13.8 Å². The molecule has 1 fully saturated rings. The molecular formula is C13H12ClN2ORbS. The summed E-state index contributed by atoms with van der Waals surface area (Å²) in [5.74, 6) is -0.185. The molecule has 2 heterocycles. The van der Waals surface area contributed by atoms with Crippen LogP contribution in [-0.4, -0.2) is 10.9 Å². The Hall–Kier alpha value is 0.675. The summed E-state index contributed by atoms with van der Waals surface area (Å²) < 4.78 is 0. The van der Waals surface area contributed by atoms with Crippen molar-refractivity contribution in [2.24, 2.45) is 0 Å². The largest absolute Gasteiger partial charge is 1.00 e. The third-order valence-electron chi connectivity index (χ3n) is 3.41. The number of aromatic nitrogens is 1. The molecule has 1 aliphatic carbocycles. The number of rotatable bonds is 2. The Bertz CT molecular complexity index is 679. The number of carbonyl (C=O) groups excluding carboxylic acids is 1. The smallest absolute Gasteiger partial charge is 0.663 e. The second-order valence-corrected chi connectivity index (χ2v) is 6.14. The third kappa shape index (κ3) is 2.72. The van der Waals surface area contributed by atoms with Crippen molar-refractivity contribution in [1.82, 2.24) is 4.98 Å². The first-order chi connectivity index (χ1) is 8.50. The first-order valence-electron chi connectivity index (χ1n) is 5.85. The molecular weight excluding hydrogens is 353 g/mol. The number of thiophene rings is 1. The van der Waals surface area contributed by atoms with Crippen molar-refractivity contribution in [3.63, 3.8) is 0 Å². The first kappa shape index (κ1) is 16.1. The zero-order valence-electron chi connectivity index (χ0n) is 11.1. The predicted octanol–water partition coefficient (Wildman–Crippen LogP) is 1.64. The van der Waals surface area contributed by atoms with Crippen LogP contribution in [0.5, 0.6) is 0 Å². The standard InChI is InChI=1S/C13H13ClN2OS.Rb/c1-5-8-9(7-3-4-7)11(12(15)17)18-13(8)16-6(2)10(5)14;/h7H,3-4H2,1-2H3,(H2,15,17);/q;+1/p-1. The van der Waals surface area contributed by atoms with E-state index in [-0.39, 0.29) is 58.2 Å². The van der Waals surface area contributed by atoms with Gasteiger partial charge in [0.25, 0.3) is 0 Å². The van der Waals surface area contributed by atoms with Gasteiger partial charge in [0.05, 0.1) is 21.5 Å². The number of fused-ring (bicyclic) bond motifs is 1. The van der Waals surface area contributed by atoms with Crippen molar-refractivity contribution in [1.29, 1.82) is 0 Å². The Kier molecular flexibility index (Phi) is 4.91. The molecule has 0 saturated heterocycles. The van der Waals surface area contributed by atoms with Gasteiger partial charge in [-0.15, -0.1) is 11.3 Å². The van der Waals surface area contributed by atoms with Gasteiger partial charge in [-0.1, -0.05) is 11.6 Å². The van der Waals surface area contributed by atoms with Gasteiger partial charge >= 0.3 is 58.2 Å². The van der Waals surface area contributed by atoms with Gasteiger partial charge in [-0.05, 0) is 43.7 Å². The summed E-state index contributed by atoms with van der Waals surface area (Å²) in [7, 11) is 0. The summed E-state index contributed by atoms with van der Waals surface area (Å²) in [6.45, 7) is 3.84. The fraction of sp³-hybridized carbons (Fsp3) is 0.385. The maximum atomic E-state index is 11.5. The minimum absolute atomic E-state index is 0. The summed E-state index contributed by atoms with van der Waals surface area (Å²) in [6, 6.07) is 0. The van der Waals surface area contributed by atoms with Crippen LogP contribution in [-0.2, 0) is 0 Å². The Labute approximate surface area is 169 Å². The maximum absolute atomic E-state index is 11.5. The van der Waals surface area contributed by atoms with Crippen LogP contribution in [0.1, 0.15) is 45.3 Å². The number of hydrogen-bond acceptors (Lipinski definition) is 3. The van der Waals surface area contributed by atoms with Crippen molar-refractivity contribution in [2.45, 2.75) is 32.6 Å². The van der Waals surface area contributed by atoms with Crippen LogP contribution in [0.15, 0.2) is 0 Å². The zero-order valence-corrected chi connectivity index (χ0v) is 17.6. The van der Waals surface area contributed by atoms with E-state index in [1.165, 1.54) is 11.3 Å². The molecule has 0 bridgehead atoms. The Morgan fingerprint density at radius 2 is 2.05 bits per heavy atom. The van der Waals surface area contributed by atoms with Crippen LogP contribution in [0.2, 0.25) is 5.02 Å². The first-order valence-corrected chi connectivity index (χ1v) is 7.05. The fourth-order valence-corrected chi connectivity index (χ4v) is 3.73. The average Bonchev–Trinajstić information content (AvgIpc) is 3.07. The van der Waals surface area contributed by atoms with E-state index in [2.05, 4.69) is 4.98 Å². The van der Waals surface area contributed by atoms with Crippen LogP contribution < -0.4 is 58.2 Å². The van der Waals surface area contributed by atoms with Crippen LogP contribution in [0.25, 0.3) is 16.0 Å². The zero-order chi connectivity index (χ0) is 13.0. The van der Waals surface area contributed by atoms with Crippen LogP contribution in [0.4, 0.5) is 0 Å². The minimum Gasteiger partial charge on any atom is -0.663 e. The van der Waals surface area contributed by atoms with E-state index < -0.39 is 5.91 Å². The van der Waals surface area contributed by atoms with Crippen molar-refractivity contribution in [3.8, 4) is 0 Å². The van der Waals surface area contributed by atoms with E-state index in [1.54, 1.807) is 0 Å². The number of halogens is 1. The molecule has 2 aromatic rings. The monoisotopic (exact) mass is 364 g/mol. The summed E-state index contributed by atoms with van der Waals surface area (Å²) in [6.07, 6.45) is 2.19. The molecule has 1 saturated carbocycles. The molecule has 1 N–H and O–H groups in total. The van der Waals surface area contributed by atoms with E-state index in [9.17, 15) is 4.79 Å². The number of nitrogens with one attached hydrogen (secondary N) is 1.